The normalized spacial score (nSPS) is 24.7. The molecule has 2 rings (SSSR count). The van der Waals surface area contributed by atoms with Crippen molar-refractivity contribution in [3.8, 4) is 0 Å². The summed E-state index contributed by atoms with van der Waals surface area (Å²) in [5.74, 6) is 1.54. The molecule has 2 N–H and O–H groups in total. The van der Waals surface area contributed by atoms with Crippen molar-refractivity contribution in [3.63, 3.8) is 0 Å². The molecule has 0 amide bonds. The standard InChI is InChI=1S/C13H23N3O/c1-3-16(9-12-7-10(2)17-15-12)13-6-4-5-11(13)8-14/h7,11,13H,3-6,8-9,14H2,1-2H3. The van der Waals surface area contributed by atoms with E-state index in [0.717, 1.165) is 31.1 Å². The Balaban J connectivity index is 2.00. The molecule has 1 aromatic heterocycles. The third kappa shape index (κ3) is 2.87. The fourth-order valence-electron chi connectivity index (χ4n) is 2.94. The van der Waals surface area contributed by atoms with E-state index in [4.69, 9.17) is 10.3 Å². The molecule has 1 aliphatic rings. The summed E-state index contributed by atoms with van der Waals surface area (Å²) in [7, 11) is 0. The Bertz CT molecular complexity index is 350. The van der Waals surface area contributed by atoms with Crippen LogP contribution in [0.1, 0.15) is 37.6 Å². The van der Waals surface area contributed by atoms with Gasteiger partial charge in [0, 0.05) is 18.7 Å². The molecule has 0 radical (unpaired) electrons. The van der Waals surface area contributed by atoms with Crippen molar-refractivity contribution < 1.29 is 4.52 Å². The molecule has 2 atom stereocenters. The Morgan fingerprint density at radius 2 is 2.35 bits per heavy atom. The molecule has 1 aromatic rings. The lowest BCUT2D eigenvalue weighted by atomic mass is 10.0. The maximum atomic E-state index is 5.85. The Morgan fingerprint density at radius 1 is 1.53 bits per heavy atom. The molecule has 96 valence electrons. The zero-order chi connectivity index (χ0) is 12.3. The molecule has 0 saturated heterocycles. The van der Waals surface area contributed by atoms with Gasteiger partial charge < -0.3 is 10.3 Å². The van der Waals surface area contributed by atoms with Crippen LogP contribution in [0.4, 0.5) is 0 Å². The highest BCUT2D eigenvalue weighted by Crippen LogP contribution is 2.30. The van der Waals surface area contributed by atoms with Crippen molar-refractivity contribution >= 4 is 0 Å². The van der Waals surface area contributed by atoms with Gasteiger partial charge in [0.2, 0.25) is 0 Å². The van der Waals surface area contributed by atoms with Crippen LogP contribution in [0.2, 0.25) is 0 Å². The number of aromatic nitrogens is 1. The van der Waals surface area contributed by atoms with E-state index in [1.54, 1.807) is 0 Å². The van der Waals surface area contributed by atoms with Crippen LogP contribution >= 0.6 is 0 Å². The van der Waals surface area contributed by atoms with Crippen LogP contribution in [0.15, 0.2) is 10.6 Å². The first kappa shape index (κ1) is 12.6. The van der Waals surface area contributed by atoms with Gasteiger partial charge in [-0.3, -0.25) is 4.90 Å². The van der Waals surface area contributed by atoms with Crippen LogP contribution in [0, 0.1) is 12.8 Å². The fourth-order valence-corrected chi connectivity index (χ4v) is 2.94. The van der Waals surface area contributed by atoms with E-state index < -0.39 is 0 Å². The summed E-state index contributed by atoms with van der Waals surface area (Å²) in [6.45, 7) is 6.88. The van der Waals surface area contributed by atoms with Crippen molar-refractivity contribution in [3.05, 3.63) is 17.5 Å². The third-order valence-electron chi connectivity index (χ3n) is 3.84. The Labute approximate surface area is 103 Å². The van der Waals surface area contributed by atoms with Crippen LogP contribution in [0.25, 0.3) is 0 Å². The predicted molar refractivity (Wildman–Crippen MR) is 67.5 cm³/mol. The van der Waals surface area contributed by atoms with Gasteiger partial charge in [-0.05, 0) is 38.8 Å². The minimum atomic E-state index is 0.627. The summed E-state index contributed by atoms with van der Waals surface area (Å²) in [6, 6.07) is 2.65. The van der Waals surface area contributed by atoms with Crippen LogP contribution in [-0.2, 0) is 6.54 Å². The predicted octanol–water partition coefficient (Wildman–Crippen LogP) is 1.93. The number of nitrogens with zero attached hydrogens (tertiary/aromatic N) is 2. The van der Waals surface area contributed by atoms with Crippen molar-refractivity contribution in [2.75, 3.05) is 13.1 Å². The van der Waals surface area contributed by atoms with E-state index in [9.17, 15) is 0 Å². The van der Waals surface area contributed by atoms with Gasteiger partial charge in [-0.1, -0.05) is 18.5 Å². The second kappa shape index (κ2) is 5.65. The van der Waals surface area contributed by atoms with Crippen LogP contribution in [-0.4, -0.2) is 29.2 Å². The summed E-state index contributed by atoms with van der Waals surface area (Å²) in [4.78, 5) is 2.49. The summed E-state index contributed by atoms with van der Waals surface area (Å²) in [5.41, 5.74) is 6.89. The van der Waals surface area contributed by atoms with Gasteiger partial charge >= 0.3 is 0 Å². The smallest absolute Gasteiger partial charge is 0.133 e. The molecule has 17 heavy (non-hydrogen) atoms. The largest absolute Gasteiger partial charge is 0.361 e. The molecule has 4 nitrogen and oxygen atoms in total. The number of nitrogens with two attached hydrogens (primary N) is 1. The topological polar surface area (TPSA) is 55.3 Å². The molecule has 4 heteroatoms. The number of rotatable bonds is 5. The molecular weight excluding hydrogens is 214 g/mol. The van der Waals surface area contributed by atoms with Crippen molar-refractivity contribution in [1.29, 1.82) is 0 Å². The Kier molecular flexibility index (Phi) is 4.18. The molecule has 1 heterocycles. The maximum absolute atomic E-state index is 5.85. The summed E-state index contributed by atoms with van der Waals surface area (Å²) in [5, 5.41) is 4.08. The maximum Gasteiger partial charge on any atom is 0.133 e. The molecule has 2 unspecified atom stereocenters. The molecule has 0 aromatic carbocycles. The molecule has 1 aliphatic carbocycles. The first-order valence-corrected chi connectivity index (χ1v) is 6.61. The third-order valence-corrected chi connectivity index (χ3v) is 3.84. The molecular formula is C13H23N3O. The number of aryl methyl sites for hydroxylation is 1. The first-order chi connectivity index (χ1) is 8.24. The highest BCUT2D eigenvalue weighted by Gasteiger charge is 2.30. The van der Waals surface area contributed by atoms with Crippen LogP contribution in [0.5, 0.6) is 0 Å². The lowest BCUT2D eigenvalue weighted by Gasteiger charge is -2.30. The van der Waals surface area contributed by atoms with Gasteiger partial charge in [-0.15, -0.1) is 0 Å². The van der Waals surface area contributed by atoms with Gasteiger partial charge in [0.15, 0.2) is 0 Å². The minimum absolute atomic E-state index is 0.627. The number of hydrogen-bond donors (Lipinski definition) is 1. The van der Waals surface area contributed by atoms with Crippen molar-refractivity contribution in [2.24, 2.45) is 11.7 Å². The zero-order valence-corrected chi connectivity index (χ0v) is 10.9. The van der Waals surface area contributed by atoms with Crippen molar-refractivity contribution in [1.82, 2.24) is 10.1 Å². The molecule has 0 spiro atoms. The summed E-state index contributed by atoms with van der Waals surface area (Å²) in [6.07, 6.45) is 3.85. The van der Waals surface area contributed by atoms with Crippen LogP contribution in [0.3, 0.4) is 0 Å². The van der Waals surface area contributed by atoms with E-state index in [2.05, 4.69) is 17.0 Å². The molecule has 0 aliphatic heterocycles. The first-order valence-electron chi connectivity index (χ1n) is 6.61. The highest BCUT2D eigenvalue weighted by atomic mass is 16.5. The van der Waals surface area contributed by atoms with Gasteiger partial charge in [0.05, 0.1) is 5.69 Å². The Morgan fingerprint density at radius 3 is 2.94 bits per heavy atom. The average molecular weight is 237 g/mol. The van der Waals surface area contributed by atoms with Crippen LogP contribution < -0.4 is 5.73 Å². The number of hydrogen-bond acceptors (Lipinski definition) is 4. The lowest BCUT2D eigenvalue weighted by molar-refractivity contribution is 0.158. The summed E-state index contributed by atoms with van der Waals surface area (Å²) >= 11 is 0. The Hall–Kier alpha value is -0.870. The fraction of sp³-hybridized carbons (Fsp3) is 0.769. The molecule has 0 bridgehead atoms. The quantitative estimate of drug-likeness (QED) is 0.850. The summed E-state index contributed by atoms with van der Waals surface area (Å²) < 4.78 is 5.12. The lowest BCUT2D eigenvalue weighted by Crippen LogP contribution is -2.39. The van der Waals surface area contributed by atoms with Crippen molar-refractivity contribution in [2.45, 2.75) is 45.7 Å². The average Bonchev–Trinajstić information content (AvgIpc) is 2.94. The van der Waals surface area contributed by atoms with Gasteiger partial charge in [0.25, 0.3) is 0 Å². The van der Waals surface area contributed by atoms with E-state index >= 15 is 0 Å². The monoisotopic (exact) mass is 237 g/mol. The van der Waals surface area contributed by atoms with E-state index in [0.29, 0.717) is 12.0 Å². The highest BCUT2D eigenvalue weighted by molar-refractivity contribution is 5.04. The SMILES string of the molecule is CCN(Cc1cc(C)on1)C1CCCC1CN. The zero-order valence-electron chi connectivity index (χ0n) is 10.9. The van der Waals surface area contributed by atoms with Gasteiger partial charge in [-0.2, -0.15) is 0 Å². The molecule has 1 saturated carbocycles. The van der Waals surface area contributed by atoms with E-state index in [-0.39, 0.29) is 0 Å². The second-order valence-corrected chi connectivity index (χ2v) is 4.99. The van der Waals surface area contributed by atoms with Gasteiger partial charge in [0.1, 0.15) is 5.76 Å². The van der Waals surface area contributed by atoms with Gasteiger partial charge in [-0.25, -0.2) is 0 Å². The minimum Gasteiger partial charge on any atom is -0.361 e. The molecule has 1 fully saturated rings. The van der Waals surface area contributed by atoms with E-state index in [1.165, 1.54) is 19.3 Å². The second-order valence-electron chi connectivity index (χ2n) is 4.99. The van der Waals surface area contributed by atoms with E-state index in [1.807, 2.05) is 13.0 Å².